The number of nitro groups is 1. The van der Waals surface area contributed by atoms with E-state index in [2.05, 4.69) is 5.32 Å². The Morgan fingerprint density at radius 1 is 1.33 bits per heavy atom. The van der Waals surface area contributed by atoms with E-state index < -0.39 is 4.92 Å². The number of hydrogen-bond acceptors (Lipinski definition) is 3. The molecule has 6 heteroatoms. The monoisotopic (exact) mass is 306 g/mol. The highest BCUT2D eigenvalue weighted by Gasteiger charge is 2.26. The number of anilines is 1. The predicted octanol–water partition coefficient (Wildman–Crippen LogP) is 4.49. The summed E-state index contributed by atoms with van der Waals surface area (Å²) in [5.41, 5.74) is 1.85. The van der Waals surface area contributed by atoms with Crippen LogP contribution in [-0.2, 0) is 6.42 Å². The molecule has 2 aromatic rings. The minimum Gasteiger partial charge on any atom is -0.373 e. The molecule has 21 heavy (non-hydrogen) atoms. The van der Waals surface area contributed by atoms with Crippen molar-refractivity contribution in [3.05, 3.63) is 68.5 Å². The minimum atomic E-state index is -0.458. The Bertz CT molecular complexity index is 721. The van der Waals surface area contributed by atoms with Gasteiger partial charge in [-0.2, -0.15) is 0 Å². The molecule has 0 saturated heterocycles. The molecule has 1 N–H and O–H groups in total. The summed E-state index contributed by atoms with van der Waals surface area (Å²) >= 11 is 5.91. The lowest BCUT2D eigenvalue weighted by Gasteiger charge is -2.16. The SMILES string of the molecule is O=[N+]([O-])c1ccc(Cl)cc1NC1CCc2c(F)cccc21. The van der Waals surface area contributed by atoms with Gasteiger partial charge in [-0.1, -0.05) is 23.7 Å². The van der Waals surface area contributed by atoms with Gasteiger partial charge in [-0.15, -0.1) is 0 Å². The standard InChI is InChI=1S/C15H12ClFN2O2/c16-9-4-7-15(19(20)21)14(8-9)18-13-6-5-10-11(13)2-1-3-12(10)17/h1-4,7-8,13,18H,5-6H2. The van der Waals surface area contributed by atoms with Crippen LogP contribution in [0.25, 0.3) is 0 Å². The Labute approximate surface area is 125 Å². The molecule has 1 aliphatic carbocycles. The van der Waals surface area contributed by atoms with E-state index in [9.17, 15) is 14.5 Å². The van der Waals surface area contributed by atoms with Crippen LogP contribution in [0.3, 0.4) is 0 Å². The van der Waals surface area contributed by atoms with Crippen molar-refractivity contribution >= 4 is 23.0 Å². The van der Waals surface area contributed by atoms with E-state index in [0.717, 1.165) is 5.56 Å². The molecule has 1 aliphatic rings. The number of benzene rings is 2. The van der Waals surface area contributed by atoms with Gasteiger partial charge in [0, 0.05) is 11.1 Å². The van der Waals surface area contributed by atoms with Crippen molar-refractivity contribution in [2.24, 2.45) is 0 Å². The molecule has 108 valence electrons. The third kappa shape index (κ3) is 2.56. The topological polar surface area (TPSA) is 55.2 Å². The maximum Gasteiger partial charge on any atom is 0.292 e. The number of nitrogens with one attached hydrogen (secondary N) is 1. The average Bonchev–Trinajstić information content (AvgIpc) is 2.83. The fraction of sp³-hybridized carbons (Fsp3) is 0.200. The van der Waals surface area contributed by atoms with E-state index in [-0.39, 0.29) is 17.5 Å². The molecule has 0 fully saturated rings. The number of rotatable bonds is 3. The summed E-state index contributed by atoms with van der Waals surface area (Å²) in [6.07, 6.45) is 1.31. The molecule has 1 atom stereocenters. The van der Waals surface area contributed by atoms with Crippen molar-refractivity contribution in [1.82, 2.24) is 0 Å². The Morgan fingerprint density at radius 2 is 2.14 bits per heavy atom. The molecular weight excluding hydrogens is 295 g/mol. The van der Waals surface area contributed by atoms with E-state index in [4.69, 9.17) is 11.6 Å². The second-order valence-electron chi connectivity index (χ2n) is 4.96. The van der Waals surface area contributed by atoms with E-state index in [0.29, 0.717) is 29.1 Å². The van der Waals surface area contributed by atoms with Crippen LogP contribution >= 0.6 is 11.6 Å². The highest BCUT2D eigenvalue weighted by atomic mass is 35.5. The van der Waals surface area contributed by atoms with Crippen LogP contribution in [0.2, 0.25) is 5.02 Å². The molecule has 0 spiro atoms. The zero-order valence-electron chi connectivity index (χ0n) is 11.0. The normalized spacial score (nSPS) is 16.6. The zero-order chi connectivity index (χ0) is 15.0. The Balaban J connectivity index is 1.95. The summed E-state index contributed by atoms with van der Waals surface area (Å²) in [7, 11) is 0. The van der Waals surface area contributed by atoms with Crippen molar-refractivity contribution in [2.45, 2.75) is 18.9 Å². The summed E-state index contributed by atoms with van der Waals surface area (Å²) in [5.74, 6) is -0.225. The maximum absolute atomic E-state index is 13.7. The molecule has 2 aromatic carbocycles. The van der Waals surface area contributed by atoms with E-state index in [1.807, 2.05) is 6.07 Å². The van der Waals surface area contributed by atoms with Gasteiger partial charge in [-0.25, -0.2) is 4.39 Å². The first kappa shape index (κ1) is 13.8. The fourth-order valence-corrected chi connectivity index (χ4v) is 2.90. The predicted molar refractivity (Wildman–Crippen MR) is 79.2 cm³/mol. The van der Waals surface area contributed by atoms with Gasteiger partial charge in [0.1, 0.15) is 11.5 Å². The van der Waals surface area contributed by atoms with Crippen molar-refractivity contribution < 1.29 is 9.31 Å². The zero-order valence-corrected chi connectivity index (χ0v) is 11.7. The summed E-state index contributed by atoms with van der Waals surface area (Å²) in [4.78, 5) is 10.6. The van der Waals surface area contributed by atoms with Gasteiger partial charge in [0.15, 0.2) is 0 Å². The van der Waals surface area contributed by atoms with Crippen LogP contribution in [-0.4, -0.2) is 4.92 Å². The van der Waals surface area contributed by atoms with Gasteiger partial charge in [-0.05, 0) is 42.2 Å². The summed E-state index contributed by atoms with van der Waals surface area (Å²) < 4.78 is 13.7. The van der Waals surface area contributed by atoms with Gasteiger partial charge >= 0.3 is 0 Å². The van der Waals surface area contributed by atoms with Crippen molar-refractivity contribution in [2.75, 3.05) is 5.32 Å². The third-order valence-corrected chi connectivity index (χ3v) is 3.93. The molecule has 1 unspecified atom stereocenters. The Hall–Kier alpha value is -2.14. The summed E-state index contributed by atoms with van der Waals surface area (Å²) in [6.45, 7) is 0. The third-order valence-electron chi connectivity index (χ3n) is 3.70. The molecular formula is C15H12ClFN2O2. The van der Waals surface area contributed by atoms with Gasteiger partial charge in [-0.3, -0.25) is 10.1 Å². The van der Waals surface area contributed by atoms with Crippen LogP contribution in [0.15, 0.2) is 36.4 Å². The van der Waals surface area contributed by atoms with Crippen molar-refractivity contribution in [1.29, 1.82) is 0 Å². The Kier molecular flexibility index (Phi) is 3.51. The number of nitro benzene ring substituents is 1. The largest absolute Gasteiger partial charge is 0.373 e. The maximum atomic E-state index is 13.7. The van der Waals surface area contributed by atoms with E-state index in [1.165, 1.54) is 24.3 Å². The highest BCUT2D eigenvalue weighted by molar-refractivity contribution is 6.31. The summed E-state index contributed by atoms with van der Waals surface area (Å²) in [5, 5.41) is 14.6. The lowest BCUT2D eigenvalue weighted by atomic mass is 10.1. The van der Waals surface area contributed by atoms with Crippen LogP contribution < -0.4 is 5.32 Å². The first-order chi connectivity index (χ1) is 10.1. The van der Waals surface area contributed by atoms with Crippen molar-refractivity contribution in [3.8, 4) is 0 Å². The molecule has 0 amide bonds. The number of fused-ring (bicyclic) bond motifs is 1. The van der Waals surface area contributed by atoms with Crippen LogP contribution in [0.1, 0.15) is 23.6 Å². The van der Waals surface area contributed by atoms with Crippen LogP contribution in [0.5, 0.6) is 0 Å². The molecule has 0 aliphatic heterocycles. The average molecular weight is 307 g/mol. The molecule has 0 heterocycles. The Morgan fingerprint density at radius 3 is 2.90 bits per heavy atom. The molecule has 0 saturated carbocycles. The van der Waals surface area contributed by atoms with E-state index >= 15 is 0 Å². The first-order valence-electron chi connectivity index (χ1n) is 6.54. The van der Waals surface area contributed by atoms with Gasteiger partial charge < -0.3 is 5.32 Å². The molecule has 3 rings (SSSR count). The van der Waals surface area contributed by atoms with E-state index in [1.54, 1.807) is 6.07 Å². The van der Waals surface area contributed by atoms with Crippen molar-refractivity contribution in [3.63, 3.8) is 0 Å². The molecule has 4 nitrogen and oxygen atoms in total. The molecule has 0 bridgehead atoms. The van der Waals surface area contributed by atoms with Gasteiger partial charge in [0.25, 0.3) is 5.69 Å². The second-order valence-corrected chi connectivity index (χ2v) is 5.40. The lowest BCUT2D eigenvalue weighted by molar-refractivity contribution is -0.384. The highest BCUT2D eigenvalue weighted by Crippen LogP contribution is 2.38. The van der Waals surface area contributed by atoms with Crippen LogP contribution in [0, 0.1) is 15.9 Å². The van der Waals surface area contributed by atoms with Gasteiger partial charge in [0.05, 0.1) is 11.0 Å². The fourth-order valence-electron chi connectivity index (χ4n) is 2.73. The molecule has 0 aromatic heterocycles. The quantitative estimate of drug-likeness (QED) is 0.671. The number of hydrogen-bond donors (Lipinski definition) is 1. The summed E-state index contributed by atoms with van der Waals surface area (Å²) in [6, 6.07) is 9.16. The van der Waals surface area contributed by atoms with Crippen LogP contribution in [0.4, 0.5) is 15.8 Å². The molecule has 0 radical (unpaired) electrons. The smallest absolute Gasteiger partial charge is 0.292 e. The first-order valence-corrected chi connectivity index (χ1v) is 6.92. The number of halogens is 2. The minimum absolute atomic E-state index is 0.0377. The van der Waals surface area contributed by atoms with Gasteiger partial charge in [0.2, 0.25) is 0 Å². The number of nitrogens with zero attached hydrogens (tertiary/aromatic N) is 1. The second kappa shape index (κ2) is 5.33. The lowest BCUT2D eigenvalue weighted by Crippen LogP contribution is -2.09.